The molecule has 2 fully saturated rings. The highest BCUT2D eigenvalue weighted by Crippen LogP contribution is 2.55. The number of hydrogen-bond acceptors (Lipinski definition) is 4. The monoisotopic (exact) mass is 347 g/mol. The van der Waals surface area contributed by atoms with Gasteiger partial charge in [-0.1, -0.05) is 18.2 Å². The maximum Gasteiger partial charge on any atom is 0.253 e. The minimum atomic E-state index is 0.127. The van der Waals surface area contributed by atoms with Crippen LogP contribution in [0.1, 0.15) is 23.2 Å². The van der Waals surface area contributed by atoms with Gasteiger partial charge in [0.2, 0.25) is 0 Å². The molecule has 26 heavy (non-hydrogen) atoms. The summed E-state index contributed by atoms with van der Waals surface area (Å²) in [6.45, 7) is 1.57. The molecule has 1 unspecified atom stereocenters. The van der Waals surface area contributed by atoms with Crippen molar-refractivity contribution < 1.29 is 4.79 Å². The Hall–Kier alpha value is -2.89. The number of carbonyl (C=O) groups excluding carboxylic acids is 1. The second-order valence-electron chi connectivity index (χ2n) is 7.48. The molecule has 0 bridgehead atoms. The minimum absolute atomic E-state index is 0.127. The standard InChI is InChI=1S/C20H21N5O/c1-24(18-15-7-10-21-17(15)22-13-23-18)16-11-25(12-20(16)8-9-20)19(26)14-5-3-2-4-6-14/h2-7,10,13,16H,8-9,11-12H2,1H3,(H,21,22,23). The zero-order chi connectivity index (χ0) is 17.7. The summed E-state index contributed by atoms with van der Waals surface area (Å²) in [5.41, 5.74) is 1.82. The Morgan fingerprint density at radius 1 is 1.23 bits per heavy atom. The summed E-state index contributed by atoms with van der Waals surface area (Å²) in [6, 6.07) is 11.9. The summed E-state index contributed by atoms with van der Waals surface area (Å²) in [7, 11) is 2.09. The van der Waals surface area contributed by atoms with Crippen LogP contribution in [0.5, 0.6) is 0 Å². The van der Waals surface area contributed by atoms with Crippen LogP contribution in [0.2, 0.25) is 0 Å². The van der Waals surface area contributed by atoms with Crippen LogP contribution in [-0.4, -0.2) is 51.9 Å². The van der Waals surface area contributed by atoms with Crippen molar-refractivity contribution >= 4 is 22.8 Å². The Morgan fingerprint density at radius 3 is 2.81 bits per heavy atom. The summed E-state index contributed by atoms with van der Waals surface area (Å²) in [4.78, 5) is 29.2. The molecule has 6 nitrogen and oxygen atoms in total. The fraction of sp³-hybridized carbons (Fsp3) is 0.350. The number of fused-ring (bicyclic) bond motifs is 1. The smallest absolute Gasteiger partial charge is 0.253 e. The topological polar surface area (TPSA) is 65.1 Å². The number of aromatic nitrogens is 3. The van der Waals surface area contributed by atoms with E-state index in [1.807, 2.05) is 47.5 Å². The van der Waals surface area contributed by atoms with E-state index in [1.165, 1.54) is 12.8 Å². The summed E-state index contributed by atoms with van der Waals surface area (Å²) in [5, 5.41) is 1.03. The molecule has 132 valence electrons. The number of H-pyrrole nitrogens is 1. The molecule has 5 rings (SSSR count). The lowest BCUT2D eigenvalue weighted by Crippen LogP contribution is -2.40. The molecular weight excluding hydrogens is 326 g/mol. The van der Waals surface area contributed by atoms with Crippen LogP contribution in [0.3, 0.4) is 0 Å². The molecule has 1 aliphatic carbocycles. The number of likely N-dealkylation sites (N-methyl/N-ethyl adjacent to an activating group) is 1. The Bertz CT molecular complexity index is 963. The number of benzene rings is 1. The third kappa shape index (κ3) is 2.29. The Morgan fingerprint density at radius 2 is 2.04 bits per heavy atom. The first-order valence-electron chi connectivity index (χ1n) is 9.03. The average Bonchev–Trinajstić information content (AvgIpc) is 3.12. The molecule has 1 amide bonds. The molecule has 2 aliphatic rings. The number of amides is 1. The number of nitrogens with zero attached hydrogens (tertiary/aromatic N) is 4. The van der Waals surface area contributed by atoms with E-state index >= 15 is 0 Å². The maximum atomic E-state index is 12.9. The van der Waals surface area contributed by atoms with Crippen molar-refractivity contribution in [3.63, 3.8) is 0 Å². The second kappa shape index (κ2) is 5.56. The highest BCUT2D eigenvalue weighted by atomic mass is 16.2. The largest absolute Gasteiger partial charge is 0.354 e. The van der Waals surface area contributed by atoms with E-state index in [-0.39, 0.29) is 17.4 Å². The van der Waals surface area contributed by atoms with E-state index < -0.39 is 0 Å². The number of hydrogen-bond donors (Lipinski definition) is 1. The fourth-order valence-corrected chi connectivity index (χ4v) is 4.34. The van der Waals surface area contributed by atoms with Gasteiger partial charge in [0, 0.05) is 37.3 Å². The first-order chi connectivity index (χ1) is 12.7. The number of carbonyl (C=O) groups is 1. The van der Waals surface area contributed by atoms with Crippen molar-refractivity contribution in [1.82, 2.24) is 19.9 Å². The average molecular weight is 347 g/mol. The van der Waals surface area contributed by atoms with Crippen LogP contribution < -0.4 is 4.90 Å². The van der Waals surface area contributed by atoms with Crippen molar-refractivity contribution in [2.24, 2.45) is 5.41 Å². The Balaban J connectivity index is 1.44. The Labute approximate surface area is 151 Å². The van der Waals surface area contributed by atoms with Crippen molar-refractivity contribution in [3.8, 4) is 0 Å². The third-order valence-electron chi connectivity index (χ3n) is 5.94. The molecule has 1 saturated carbocycles. The lowest BCUT2D eigenvalue weighted by atomic mass is 9.99. The summed E-state index contributed by atoms with van der Waals surface area (Å²) < 4.78 is 0. The molecule has 0 radical (unpaired) electrons. The van der Waals surface area contributed by atoms with E-state index in [1.54, 1.807) is 6.33 Å². The van der Waals surface area contributed by atoms with Gasteiger partial charge in [0.05, 0.1) is 11.4 Å². The van der Waals surface area contributed by atoms with Crippen LogP contribution in [0.4, 0.5) is 5.82 Å². The van der Waals surface area contributed by atoms with Crippen LogP contribution in [-0.2, 0) is 0 Å². The minimum Gasteiger partial charge on any atom is -0.354 e. The van der Waals surface area contributed by atoms with Crippen LogP contribution in [0.15, 0.2) is 48.9 Å². The van der Waals surface area contributed by atoms with Gasteiger partial charge < -0.3 is 14.8 Å². The molecule has 1 N–H and O–H groups in total. The van der Waals surface area contributed by atoms with E-state index in [0.29, 0.717) is 0 Å². The van der Waals surface area contributed by atoms with Gasteiger partial charge >= 0.3 is 0 Å². The maximum absolute atomic E-state index is 12.9. The normalized spacial score (nSPS) is 20.7. The zero-order valence-electron chi connectivity index (χ0n) is 14.7. The predicted octanol–water partition coefficient (Wildman–Crippen LogP) is 2.70. The molecule has 1 aliphatic heterocycles. The zero-order valence-corrected chi connectivity index (χ0v) is 14.7. The molecule has 1 atom stereocenters. The third-order valence-corrected chi connectivity index (χ3v) is 5.94. The molecule has 3 heterocycles. The molecule has 3 aromatic rings. The highest BCUT2D eigenvalue weighted by molar-refractivity contribution is 5.94. The summed E-state index contributed by atoms with van der Waals surface area (Å²) in [6.07, 6.45) is 5.83. The lowest BCUT2D eigenvalue weighted by molar-refractivity contribution is 0.0784. The van der Waals surface area contributed by atoms with Gasteiger partial charge in [-0.25, -0.2) is 9.97 Å². The Kier molecular flexibility index (Phi) is 3.29. The van der Waals surface area contributed by atoms with Crippen molar-refractivity contribution in [3.05, 3.63) is 54.5 Å². The fourth-order valence-electron chi connectivity index (χ4n) is 4.34. The summed E-state index contributed by atoms with van der Waals surface area (Å²) in [5.74, 6) is 1.06. The number of aromatic amines is 1. The SMILES string of the molecule is CN(c1ncnc2[nH]ccc12)C1CN(C(=O)c2ccccc2)CC12CC2. The van der Waals surface area contributed by atoms with Gasteiger partial charge in [0.1, 0.15) is 17.8 Å². The number of rotatable bonds is 3. The summed E-state index contributed by atoms with van der Waals surface area (Å²) >= 11 is 0. The molecule has 2 aromatic heterocycles. The van der Waals surface area contributed by atoms with E-state index in [2.05, 4.69) is 26.9 Å². The lowest BCUT2D eigenvalue weighted by Gasteiger charge is -2.30. The van der Waals surface area contributed by atoms with Crippen LogP contribution in [0.25, 0.3) is 11.0 Å². The molecule has 6 heteroatoms. The number of nitrogens with one attached hydrogen (secondary N) is 1. The molecule has 1 aromatic carbocycles. The van der Waals surface area contributed by atoms with Gasteiger partial charge in [-0.2, -0.15) is 0 Å². The highest BCUT2D eigenvalue weighted by Gasteiger charge is 2.57. The van der Waals surface area contributed by atoms with E-state index in [4.69, 9.17) is 0 Å². The first-order valence-corrected chi connectivity index (χ1v) is 9.03. The molecule has 1 saturated heterocycles. The number of anilines is 1. The van der Waals surface area contributed by atoms with Crippen molar-refractivity contribution in [2.45, 2.75) is 18.9 Å². The quantitative estimate of drug-likeness (QED) is 0.791. The van der Waals surface area contributed by atoms with Crippen molar-refractivity contribution in [1.29, 1.82) is 0 Å². The molecule has 1 spiro atoms. The second-order valence-corrected chi connectivity index (χ2v) is 7.48. The molecular formula is C20H21N5O. The number of likely N-dealkylation sites (tertiary alicyclic amines) is 1. The predicted molar refractivity (Wildman–Crippen MR) is 100 cm³/mol. The van der Waals surface area contributed by atoms with Gasteiger partial charge in [0.15, 0.2) is 0 Å². The van der Waals surface area contributed by atoms with Crippen LogP contribution in [0, 0.1) is 5.41 Å². The van der Waals surface area contributed by atoms with E-state index in [9.17, 15) is 4.79 Å². The van der Waals surface area contributed by atoms with Crippen molar-refractivity contribution in [2.75, 3.05) is 25.0 Å². The van der Waals surface area contributed by atoms with E-state index in [0.717, 1.165) is 35.5 Å². The first kappa shape index (κ1) is 15.4. The van der Waals surface area contributed by atoms with Crippen LogP contribution >= 0.6 is 0 Å². The van der Waals surface area contributed by atoms with Gasteiger partial charge in [-0.3, -0.25) is 4.79 Å². The van der Waals surface area contributed by atoms with Gasteiger partial charge in [0.25, 0.3) is 5.91 Å². The van der Waals surface area contributed by atoms with Gasteiger partial charge in [-0.05, 0) is 31.0 Å². The van der Waals surface area contributed by atoms with Gasteiger partial charge in [-0.15, -0.1) is 0 Å².